The van der Waals surface area contributed by atoms with E-state index in [9.17, 15) is 0 Å². The van der Waals surface area contributed by atoms with Gasteiger partial charge in [0.2, 0.25) is 5.88 Å². The lowest BCUT2D eigenvalue weighted by Gasteiger charge is -2.10. The molecular weight excluding hydrogens is 252 g/mol. The van der Waals surface area contributed by atoms with Crippen molar-refractivity contribution >= 4 is 0 Å². The SMILES string of the molecule is CCNCc1ccc(Oc2ccccc2OCC)nc1. The van der Waals surface area contributed by atoms with Crippen LogP contribution in [0.25, 0.3) is 0 Å². The van der Waals surface area contributed by atoms with Crippen LogP contribution in [0.1, 0.15) is 19.4 Å². The lowest BCUT2D eigenvalue weighted by molar-refractivity contribution is 0.319. The summed E-state index contributed by atoms with van der Waals surface area (Å²) in [5, 5.41) is 3.26. The van der Waals surface area contributed by atoms with Crippen molar-refractivity contribution in [3.8, 4) is 17.4 Å². The van der Waals surface area contributed by atoms with E-state index in [2.05, 4.69) is 17.2 Å². The second-order valence-electron chi connectivity index (χ2n) is 4.27. The lowest BCUT2D eigenvalue weighted by atomic mass is 10.3. The summed E-state index contributed by atoms with van der Waals surface area (Å²) < 4.78 is 11.3. The van der Waals surface area contributed by atoms with Gasteiger partial charge in [0.15, 0.2) is 11.5 Å². The van der Waals surface area contributed by atoms with Gasteiger partial charge < -0.3 is 14.8 Å². The fourth-order valence-electron chi connectivity index (χ4n) is 1.77. The zero-order valence-electron chi connectivity index (χ0n) is 11.9. The van der Waals surface area contributed by atoms with Crippen molar-refractivity contribution in [2.24, 2.45) is 0 Å². The van der Waals surface area contributed by atoms with Crippen molar-refractivity contribution in [3.63, 3.8) is 0 Å². The maximum atomic E-state index is 5.76. The van der Waals surface area contributed by atoms with E-state index in [-0.39, 0.29) is 0 Å². The van der Waals surface area contributed by atoms with Crippen molar-refractivity contribution in [1.29, 1.82) is 0 Å². The predicted molar refractivity (Wildman–Crippen MR) is 79.3 cm³/mol. The number of para-hydroxylation sites is 2. The maximum Gasteiger partial charge on any atom is 0.219 e. The molecule has 1 N–H and O–H groups in total. The molecule has 1 aromatic heterocycles. The predicted octanol–water partition coefficient (Wildman–Crippen LogP) is 3.38. The van der Waals surface area contributed by atoms with Crippen LogP contribution >= 0.6 is 0 Å². The van der Waals surface area contributed by atoms with Crippen LogP contribution in [-0.2, 0) is 6.54 Å². The standard InChI is InChI=1S/C16H20N2O2/c1-3-17-11-13-9-10-16(18-12-13)20-15-8-6-5-7-14(15)19-4-2/h5-10,12,17H,3-4,11H2,1-2H3. The van der Waals surface area contributed by atoms with Gasteiger partial charge in [-0.2, -0.15) is 0 Å². The van der Waals surface area contributed by atoms with Crippen LogP contribution in [0.5, 0.6) is 17.4 Å². The molecule has 2 rings (SSSR count). The molecule has 0 bridgehead atoms. The fraction of sp³-hybridized carbons (Fsp3) is 0.312. The van der Waals surface area contributed by atoms with E-state index in [1.54, 1.807) is 0 Å². The number of hydrogen-bond acceptors (Lipinski definition) is 4. The average Bonchev–Trinajstić information content (AvgIpc) is 2.49. The minimum absolute atomic E-state index is 0.567. The third kappa shape index (κ3) is 3.96. The molecule has 0 saturated heterocycles. The summed E-state index contributed by atoms with van der Waals surface area (Å²) in [7, 11) is 0. The molecule has 0 atom stereocenters. The lowest BCUT2D eigenvalue weighted by Crippen LogP contribution is -2.11. The van der Waals surface area contributed by atoms with E-state index in [0.29, 0.717) is 18.2 Å². The topological polar surface area (TPSA) is 43.4 Å². The normalized spacial score (nSPS) is 10.3. The van der Waals surface area contributed by atoms with Crippen LogP contribution in [-0.4, -0.2) is 18.1 Å². The summed E-state index contributed by atoms with van der Waals surface area (Å²) in [5.74, 6) is 1.98. The Morgan fingerprint density at radius 2 is 1.85 bits per heavy atom. The number of nitrogens with zero attached hydrogens (tertiary/aromatic N) is 1. The minimum Gasteiger partial charge on any atom is -0.490 e. The van der Waals surface area contributed by atoms with E-state index in [1.807, 2.05) is 49.5 Å². The Labute approximate surface area is 119 Å². The van der Waals surface area contributed by atoms with Crippen molar-refractivity contribution in [3.05, 3.63) is 48.2 Å². The van der Waals surface area contributed by atoms with Crippen molar-refractivity contribution in [1.82, 2.24) is 10.3 Å². The molecule has 0 fully saturated rings. The first kappa shape index (κ1) is 14.3. The van der Waals surface area contributed by atoms with Gasteiger partial charge in [-0.1, -0.05) is 25.1 Å². The Kier molecular flexibility index (Phi) is 5.38. The van der Waals surface area contributed by atoms with Crippen LogP contribution < -0.4 is 14.8 Å². The highest BCUT2D eigenvalue weighted by molar-refractivity contribution is 5.41. The number of hydrogen-bond donors (Lipinski definition) is 1. The Balaban J connectivity index is 2.06. The minimum atomic E-state index is 0.567. The van der Waals surface area contributed by atoms with Gasteiger partial charge >= 0.3 is 0 Å². The van der Waals surface area contributed by atoms with Crippen molar-refractivity contribution in [2.45, 2.75) is 20.4 Å². The number of aromatic nitrogens is 1. The molecule has 106 valence electrons. The molecule has 0 radical (unpaired) electrons. The number of pyridine rings is 1. The molecule has 4 heteroatoms. The molecule has 0 aliphatic heterocycles. The maximum absolute atomic E-state index is 5.76. The monoisotopic (exact) mass is 272 g/mol. The van der Waals surface area contributed by atoms with E-state index in [1.165, 1.54) is 0 Å². The van der Waals surface area contributed by atoms with Crippen LogP contribution in [0.3, 0.4) is 0 Å². The van der Waals surface area contributed by atoms with Crippen molar-refractivity contribution < 1.29 is 9.47 Å². The van der Waals surface area contributed by atoms with Gasteiger partial charge in [0, 0.05) is 18.8 Å². The second-order valence-corrected chi connectivity index (χ2v) is 4.27. The highest BCUT2D eigenvalue weighted by atomic mass is 16.5. The molecular formula is C16H20N2O2. The highest BCUT2D eigenvalue weighted by Gasteiger charge is 2.05. The Morgan fingerprint density at radius 3 is 2.50 bits per heavy atom. The molecule has 0 spiro atoms. The summed E-state index contributed by atoms with van der Waals surface area (Å²) in [5.41, 5.74) is 1.14. The Bertz CT molecular complexity index is 526. The summed E-state index contributed by atoms with van der Waals surface area (Å²) in [6, 6.07) is 11.5. The number of benzene rings is 1. The first-order valence-electron chi connectivity index (χ1n) is 6.88. The van der Waals surface area contributed by atoms with E-state index in [0.717, 1.165) is 24.4 Å². The van der Waals surface area contributed by atoms with Gasteiger partial charge in [0.1, 0.15) is 0 Å². The number of ether oxygens (including phenoxy) is 2. The first-order valence-corrected chi connectivity index (χ1v) is 6.88. The summed E-state index contributed by atoms with van der Waals surface area (Å²) in [6.07, 6.45) is 1.82. The van der Waals surface area contributed by atoms with Gasteiger partial charge in [-0.25, -0.2) is 4.98 Å². The largest absolute Gasteiger partial charge is 0.490 e. The Hall–Kier alpha value is -2.07. The second kappa shape index (κ2) is 7.50. The number of nitrogens with one attached hydrogen (secondary N) is 1. The third-order valence-corrected chi connectivity index (χ3v) is 2.74. The van der Waals surface area contributed by atoms with Crippen LogP contribution in [0, 0.1) is 0 Å². The quantitative estimate of drug-likeness (QED) is 0.839. The summed E-state index contributed by atoms with van der Waals surface area (Å²) in [6.45, 7) is 6.40. The molecule has 2 aromatic rings. The third-order valence-electron chi connectivity index (χ3n) is 2.74. The number of rotatable bonds is 7. The average molecular weight is 272 g/mol. The van der Waals surface area contributed by atoms with Crippen LogP contribution in [0.4, 0.5) is 0 Å². The smallest absolute Gasteiger partial charge is 0.219 e. The van der Waals surface area contributed by atoms with Crippen molar-refractivity contribution in [2.75, 3.05) is 13.2 Å². The molecule has 4 nitrogen and oxygen atoms in total. The zero-order valence-corrected chi connectivity index (χ0v) is 11.9. The van der Waals surface area contributed by atoms with Gasteiger partial charge in [0.05, 0.1) is 6.61 Å². The Morgan fingerprint density at radius 1 is 1.05 bits per heavy atom. The molecule has 0 aliphatic carbocycles. The summed E-state index contributed by atoms with van der Waals surface area (Å²) >= 11 is 0. The molecule has 20 heavy (non-hydrogen) atoms. The summed E-state index contributed by atoms with van der Waals surface area (Å²) in [4.78, 5) is 4.31. The molecule has 1 aromatic carbocycles. The first-order chi connectivity index (χ1) is 9.83. The molecule has 0 saturated carbocycles. The van der Waals surface area contributed by atoms with Gasteiger partial charge in [-0.3, -0.25) is 0 Å². The molecule has 0 amide bonds. The molecule has 1 heterocycles. The van der Waals surface area contributed by atoms with Gasteiger partial charge in [-0.05, 0) is 31.2 Å². The van der Waals surface area contributed by atoms with Gasteiger partial charge in [-0.15, -0.1) is 0 Å². The highest BCUT2D eigenvalue weighted by Crippen LogP contribution is 2.30. The van der Waals surface area contributed by atoms with Crippen LogP contribution in [0.15, 0.2) is 42.6 Å². The fourth-order valence-corrected chi connectivity index (χ4v) is 1.77. The molecule has 0 aliphatic rings. The van der Waals surface area contributed by atoms with E-state index >= 15 is 0 Å². The van der Waals surface area contributed by atoms with E-state index < -0.39 is 0 Å². The van der Waals surface area contributed by atoms with E-state index in [4.69, 9.17) is 9.47 Å². The molecule has 0 unspecified atom stereocenters. The zero-order chi connectivity index (χ0) is 14.2. The van der Waals surface area contributed by atoms with Crippen LogP contribution in [0.2, 0.25) is 0 Å². The van der Waals surface area contributed by atoms with Gasteiger partial charge in [0.25, 0.3) is 0 Å².